The number of halogens is 4. The smallest absolute Gasteiger partial charge is 0.452 e. The van der Waals surface area contributed by atoms with Gasteiger partial charge in [-0.3, -0.25) is 4.79 Å². The molecule has 170 valence electrons. The lowest BCUT2D eigenvalue weighted by molar-refractivity contribution is -0.274. The van der Waals surface area contributed by atoms with Crippen molar-refractivity contribution in [1.82, 2.24) is 4.90 Å². The van der Waals surface area contributed by atoms with E-state index < -0.39 is 18.9 Å². The van der Waals surface area contributed by atoms with Gasteiger partial charge in [-0.1, -0.05) is 24.3 Å². The number of carbonyl (C=O) groups excluding carboxylic acids is 2. The van der Waals surface area contributed by atoms with Crippen molar-refractivity contribution in [2.24, 2.45) is 0 Å². The fourth-order valence-electron chi connectivity index (χ4n) is 3.12. The van der Waals surface area contributed by atoms with Crippen molar-refractivity contribution in [3.8, 4) is 5.75 Å². The lowest BCUT2D eigenvalue weighted by Crippen LogP contribution is -2.50. The normalized spacial score (nSPS) is 14.5. The SMILES string of the molecule is O=C(/C=C/c1ccc(OC(F)(F)F)cc1)OCC(=O)N1CCN(c2ccccc2F)CC1. The number of alkyl halides is 3. The second-order valence-corrected chi connectivity index (χ2v) is 6.88. The number of hydrogen-bond acceptors (Lipinski definition) is 5. The summed E-state index contributed by atoms with van der Waals surface area (Å²) in [6.07, 6.45) is -2.36. The van der Waals surface area contributed by atoms with Gasteiger partial charge in [-0.15, -0.1) is 13.2 Å². The van der Waals surface area contributed by atoms with Gasteiger partial charge in [0.05, 0.1) is 5.69 Å². The zero-order valence-electron chi connectivity index (χ0n) is 16.8. The van der Waals surface area contributed by atoms with Crippen molar-refractivity contribution in [2.75, 3.05) is 37.7 Å². The summed E-state index contributed by atoms with van der Waals surface area (Å²) in [4.78, 5) is 27.5. The summed E-state index contributed by atoms with van der Waals surface area (Å²) in [7, 11) is 0. The van der Waals surface area contributed by atoms with Crippen molar-refractivity contribution in [3.63, 3.8) is 0 Å². The maximum absolute atomic E-state index is 13.9. The van der Waals surface area contributed by atoms with Crippen LogP contribution in [0.5, 0.6) is 5.75 Å². The molecule has 0 bridgehead atoms. The first kappa shape index (κ1) is 23.1. The Morgan fingerprint density at radius 2 is 1.62 bits per heavy atom. The molecule has 1 aliphatic rings. The monoisotopic (exact) mass is 452 g/mol. The molecule has 0 aromatic heterocycles. The van der Waals surface area contributed by atoms with Crippen LogP contribution in [0.15, 0.2) is 54.6 Å². The molecule has 10 heteroatoms. The number of benzene rings is 2. The third kappa shape index (κ3) is 6.73. The van der Waals surface area contributed by atoms with Crippen LogP contribution in [0.4, 0.5) is 23.2 Å². The zero-order valence-corrected chi connectivity index (χ0v) is 16.8. The molecule has 1 amide bonds. The van der Waals surface area contributed by atoms with Crippen LogP contribution in [0.3, 0.4) is 0 Å². The molecule has 1 fully saturated rings. The van der Waals surface area contributed by atoms with Crippen molar-refractivity contribution in [3.05, 3.63) is 66.0 Å². The van der Waals surface area contributed by atoms with Gasteiger partial charge in [-0.25, -0.2) is 9.18 Å². The van der Waals surface area contributed by atoms with Gasteiger partial charge in [-0.2, -0.15) is 0 Å². The maximum atomic E-state index is 13.9. The first-order valence-corrected chi connectivity index (χ1v) is 9.69. The van der Waals surface area contributed by atoms with E-state index in [1.54, 1.807) is 18.2 Å². The van der Waals surface area contributed by atoms with Crippen molar-refractivity contribution >= 4 is 23.6 Å². The van der Waals surface area contributed by atoms with Crippen molar-refractivity contribution in [1.29, 1.82) is 0 Å². The molecule has 2 aromatic rings. The molecular formula is C22H20F4N2O4. The van der Waals surface area contributed by atoms with E-state index in [-0.39, 0.29) is 17.5 Å². The predicted molar refractivity (Wildman–Crippen MR) is 108 cm³/mol. The highest BCUT2D eigenvalue weighted by molar-refractivity contribution is 5.89. The van der Waals surface area contributed by atoms with E-state index in [9.17, 15) is 27.2 Å². The Morgan fingerprint density at radius 1 is 0.969 bits per heavy atom. The zero-order chi connectivity index (χ0) is 23.1. The van der Waals surface area contributed by atoms with Crippen LogP contribution in [0.2, 0.25) is 0 Å². The number of piperazine rings is 1. The van der Waals surface area contributed by atoms with E-state index in [0.29, 0.717) is 37.4 Å². The summed E-state index contributed by atoms with van der Waals surface area (Å²) in [5.74, 6) is -1.83. The minimum Gasteiger partial charge on any atom is -0.452 e. The van der Waals surface area contributed by atoms with Gasteiger partial charge < -0.3 is 19.3 Å². The van der Waals surface area contributed by atoms with E-state index >= 15 is 0 Å². The van der Waals surface area contributed by atoms with Gasteiger partial charge in [0.1, 0.15) is 11.6 Å². The number of carbonyl (C=O) groups is 2. The molecule has 0 aliphatic carbocycles. The standard InChI is InChI=1S/C22H20F4N2O4/c23-18-3-1-2-4-19(18)27-11-13-28(14-12-27)20(29)15-31-21(30)10-7-16-5-8-17(9-6-16)32-22(24,25)26/h1-10H,11-15H2/b10-7+. The molecule has 1 heterocycles. The van der Waals surface area contributed by atoms with Gasteiger partial charge in [0.25, 0.3) is 5.91 Å². The number of rotatable bonds is 6. The fraction of sp³-hybridized carbons (Fsp3) is 0.273. The molecule has 2 aromatic carbocycles. The third-order valence-electron chi connectivity index (χ3n) is 4.69. The van der Waals surface area contributed by atoms with Gasteiger partial charge in [0.2, 0.25) is 0 Å². The third-order valence-corrected chi connectivity index (χ3v) is 4.69. The Hall–Kier alpha value is -3.56. The molecule has 1 saturated heterocycles. The Morgan fingerprint density at radius 3 is 2.25 bits per heavy atom. The molecule has 0 atom stereocenters. The van der Waals surface area contributed by atoms with Crippen LogP contribution in [-0.2, 0) is 14.3 Å². The van der Waals surface area contributed by atoms with Crippen LogP contribution >= 0.6 is 0 Å². The Kier molecular flexibility index (Phi) is 7.34. The van der Waals surface area contributed by atoms with Crippen molar-refractivity contribution < 1.29 is 36.6 Å². The van der Waals surface area contributed by atoms with E-state index in [2.05, 4.69) is 4.74 Å². The number of hydrogen-bond donors (Lipinski definition) is 0. The number of esters is 1. The molecule has 32 heavy (non-hydrogen) atoms. The minimum absolute atomic E-state index is 0.324. The summed E-state index contributed by atoms with van der Waals surface area (Å²) in [5, 5.41) is 0. The molecule has 6 nitrogen and oxygen atoms in total. The average Bonchev–Trinajstić information content (AvgIpc) is 2.76. The molecule has 0 spiro atoms. The highest BCUT2D eigenvalue weighted by Gasteiger charge is 2.31. The topological polar surface area (TPSA) is 59.1 Å². The van der Waals surface area contributed by atoms with Gasteiger partial charge in [0, 0.05) is 32.3 Å². The maximum Gasteiger partial charge on any atom is 0.573 e. The van der Waals surface area contributed by atoms with Gasteiger partial charge >= 0.3 is 12.3 Å². The van der Waals surface area contributed by atoms with E-state index in [1.807, 2.05) is 4.90 Å². The molecule has 0 N–H and O–H groups in total. The molecule has 1 aliphatic heterocycles. The molecule has 0 saturated carbocycles. The van der Waals surface area contributed by atoms with Crippen molar-refractivity contribution in [2.45, 2.75) is 6.36 Å². The summed E-state index contributed by atoms with van der Waals surface area (Å²) in [6, 6.07) is 11.3. The van der Waals surface area contributed by atoms with Gasteiger partial charge in [0.15, 0.2) is 6.61 Å². The van der Waals surface area contributed by atoms with E-state index in [0.717, 1.165) is 18.2 Å². The number of anilines is 1. The molecule has 0 radical (unpaired) electrons. The van der Waals surface area contributed by atoms with Crippen LogP contribution < -0.4 is 9.64 Å². The summed E-state index contributed by atoms with van der Waals surface area (Å²) >= 11 is 0. The average molecular weight is 452 g/mol. The largest absolute Gasteiger partial charge is 0.573 e. The fourth-order valence-corrected chi connectivity index (χ4v) is 3.12. The lowest BCUT2D eigenvalue weighted by Gasteiger charge is -2.36. The Labute approximate surface area is 181 Å². The van der Waals surface area contributed by atoms with Crippen LogP contribution in [-0.4, -0.2) is 55.9 Å². The highest BCUT2D eigenvalue weighted by atomic mass is 19.4. The summed E-state index contributed by atoms with van der Waals surface area (Å²) in [5.41, 5.74) is 0.932. The van der Waals surface area contributed by atoms with Crippen LogP contribution in [0.25, 0.3) is 6.08 Å². The number of para-hydroxylation sites is 1. The van der Waals surface area contributed by atoms with Gasteiger partial charge in [-0.05, 0) is 35.9 Å². The van der Waals surface area contributed by atoms with Crippen LogP contribution in [0, 0.1) is 5.82 Å². The minimum atomic E-state index is -4.78. The summed E-state index contributed by atoms with van der Waals surface area (Å²) in [6.45, 7) is 1.20. The molecular weight excluding hydrogens is 432 g/mol. The molecule has 0 unspecified atom stereocenters. The lowest BCUT2D eigenvalue weighted by atomic mass is 10.2. The Balaban J connectivity index is 1.42. The van der Waals surface area contributed by atoms with E-state index in [4.69, 9.17) is 4.74 Å². The first-order chi connectivity index (χ1) is 15.2. The highest BCUT2D eigenvalue weighted by Crippen LogP contribution is 2.23. The second kappa shape index (κ2) is 10.2. The first-order valence-electron chi connectivity index (χ1n) is 9.69. The summed E-state index contributed by atoms with van der Waals surface area (Å²) < 4.78 is 59.0. The van der Waals surface area contributed by atoms with E-state index in [1.165, 1.54) is 29.2 Å². The number of amides is 1. The number of ether oxygens (including phenoxy) is 2. The quantitative estimate of drug-likeness (QED) is 0.381. The number of nitrogens with zero attached hydrogens (tertiary/aromatic N) is 2. The Bertz CT molecular complexity index is 969. The predicted octanol–water partition coefficient (Wildman–Crippen LogP) is 3.63. The van der Waals surface area contributed by atoms with Crippen LogP contribution in [0.1, 0.15) is 5.56 Å². The molecule has 3 rings (SSSR count). The second-order valence-electron chi connectivity index (χ2n) is 6.88.